The molecule has 1 aliphatic rings. The number of carbonyl (C=O) groups is 1. The summed E-state index contributed by atoms with van der Waals surface area (Å²) in [4.78, 5) is 16.8. The minimum Gasteiger partial charge on any atom is -0.494 e. The van der Waals surface area contributed by atoms with Crippen LogP contribution in [-0.4, -0.2) is 23.5 Å². The van der Waals surface area contributed by atoms with Crippen molar-refractivity contribution in [3.8, 4) is 5.75 Å². The van der Waals surface area contributed by atoms with Crippen LogP contribution in [0.3, 0.4) is 0 Å². The molecule has 1 aromatic heterocycles. The number of anilines is 2. The van der Waals surface area contributed by atoms with Crippen molar-refractivity contribution in [2.75, 3.05) is 12.4 Å². The molecule has 2 aromatic rings. The van der Waals surface area contributed by atoms with Crippen molar-refractivity contribution in [1.29, 1.82) is 0 Å². The summed E-state index contributed by atoms with van der Waals surface area (Å²) in [5.74, 6) is -1.13. The van der Waals surface area contributed by atoms with Crippen molar-refractivity contribution in [3.05, 3.63) is 47.7 Å². The molecule has 25 heavy (non-hydrogen) atoms. The highest BCUT2D eigenvalue weighted by Gasteiger charge is 2.34. The van der Waals surface area contributed by atoms with Crippen molar-refractivity contribution in [2.45, 2.75) is 31.7 Å². The van der Waals surface area contributed by atoms with E-state index in [0.29, 0.717) is 5.75 Å². The van der Waals surface area contributed by atoms with Gasteiger partial charge in [0, 0.05) is 17.3 Å². The van der Waals surface area contributed by atoms with Crippen LogP contribution < -0.4 is 15.4 Å². The fourth-order valence-corrected chi connectivity index (χ4v) is 2.78. The van der Waals surface area contributed by atoms with Gasteiger partial charge in [-0.05, 0) is 50.5 Å². The van der Waals surface area contributed by atoms with Gasteiger partial charge in [0.25, 0.3) is 5.91 Å². The second-order valence-electron chi connectivity index (χ2n) is 6.40. The van der Waals surface area contributed by atoms with E-state index in [0.717, 1.165) is 37.5 Å². The minimum atomic E-state index is -0.702. The first-order chi connectivity index (χ1) is 11.9. The standard InChI is InChI=1S/C18H19F2N3O2/c1-18(6-3-7-18)23-17(24)16-14(25-2)4-5-15(22-16)21-13-9-11(19)8-12(20)10-13/h4-5,8-10H,3,6-7H2,1-2H3,(H,21,22)(H,23,24). The number of hydrogen-bond acceptors (Lipinski definition) is 4. The highest BCUT2D eigenvalue weighted by Crippen LogP contribution is 2.32. The van der Waals surface area contributed by atoms with Crippen LogP contribution in [0, 0.1) is 11.6 Å². The van der Waals surface area contributed by atoms with Crippen LogP contribution in [0.5, 0.6) is 5.75 Å². The molecule has 1 amide bonds. The SMILES string of the molecule is COc1ccc(Nc2cc(F)cc(F)c2)nc1C(=O)NC1(C)CCC1. The van der Waals surface area contributed by atoms with Crippen LogP contribution in [0.25, 0.3) is 0 Å². The molecule has 1 saturated carbocycles. The quantitative estimate of drug-likeness (QED) is 0.864. The van der Waals surface area contributed by atoms with E-state index < -0.39 is 11.6 Å². The summed E-state index contributed by atoms with van der Waals surface area (Å²) in [6, 6.07) is 6.23. The summed E-state index contributed by atoms with van der Waals surface area (Å²) in [7, 11) is 1.45. The zero-order valence-electron chi connectivity index (χ0n) is 14.0. The third-order valence-corrected chi connectivity index (χ3v) is 4.30. The van der Waals surface area contributed by atoms with Crippen molar-refractivity contribution < 1.29 is 18.3 Å². The molecule has 0 radical (unpaired) electrons. The number of aromatic nitrogens is 1. The second kappa shape index (κ2) is 6.66. The zero-order valence-corrected chi connectivity index (χ0v) is 14.0. The predicted octanol–water partition coefficient (Wildman–Crippen LogP) is 3.78. The molecule has 1 heterocycles. The minimum absolute atomic E-state index is 0.123. The molecule has 1 aromatic carbocycles. The summed E-state index contributed by atoms with van der Waals surface area (Å²) < 4.78 is 31.8. The van der Waals surface area contributed by atoms with Gasteiger partial charge in [0.15, 0.2) is 5.69 Å². The fourth-order valence-electron chi connectivity index (χ4n) is 2.78. The Morgan fingerprint density at radius 1 is 1.20 bits per heavy atom. The summed E-state index contributed by atoms with van der Waals surface area (Å²) in [5, 5.41) is 5.76. The lowest BCUT2D eigenvalue weighted by atomic mass is 9.78. The first kappa shape index (κ1) is 17.1. The third-order valence-electron chi connectivity index (χ3n) is 4.30. The van der Waals surface area contributed by atoms with Gasteiger partial charge in [0.1, 0.15) is 23.2 Å². The lowest BCUT2D eigenvalue weighted by Gasteiger charge is -2.39. The monoisotopic (exact) mass is 347 g/mol. The van der Waals surface area contributed by atoms with E-state index >= 15 is 0 Å². The van der Waals surface area contributed by atoms with E-state index in [2.05, 4.69) is 15.6 Å². The summed E-state index contributed by atoms with van der Waals surface area (Å²) in [6.45, 7) is 1.98. The summed E-state index contributed by atoms with van der Waals surface area (Å²) in [6.07, 6.45) is 2.91. The van der Waals surface area contributed by atoms with E-state index in [1.54, 1.807) is 12.1 Å². The van der Waals surface area contributed by atoms with Crippen molar-refractivity contribution in [3.63, 3.8) is 0 Å². The molecule has 0 bridgehead atoms. The number of ether oxygens (including phenoxy) is 1. The predicted molar refractivity (Wildman–Crippen MR) is 90.2 cm³/mol. The molecule has 0 saturated heterocycles. The molecule has 0 spiro atoms. The number of rotatable bonds is 5. The van der Waals surface area contributed by atoms with Crippen molar-refractivity contribution >= 4 is 17.4 Å². The van der Waals surface area contributed by atoms with Gasteiger partial charge in [0.05, 0.1) is 7.11 Å². The number of carbonyl (C=O) groups excluding carboxylic acids is 1. The molecule has 0 aliphatic heterocycles. The van der Waals surface area contributed by atoms with Crippen molar-refractivity contribution in [2.24, 2.45) is 0 Å². The van der Waals surface area contributed by atoms with Crippen molar-refractivity contribution in [1.82, 2.24) is 10.3 Å². The number of hydrogen-bond donors (Lipinski definition) is 2. The molecular weight excluding hydrogens is 328 g/mol. The molecular formula is C18H19F2N3O2. The van der Waals surface area contributed by atoms with Gasteiger partial charge in [-0.15, -0.1) is 0 Å². The van der Waals surface area contributed by atoms with Crippen LogP contribution >= 0.6 is 0 Å². The molecule has 3 rings (SSSR count). The Kier molecular flexibility index (Phi) is 4.57. The highest BCUT2D eigenvalue weighted by molar-refractivity contribution is 5.96. The van der Waals surface area contributed by atoms with E-state index in [9.17, 15) is 13.6 Å². The molecule has 1 aliphatic carbocycles. The maximum absolute atomic E-state index is 13.3. The third kappa shape index (κ3) is 3.87. The maximum atomic E-state index is 13.3. The maximum Gasteiger partial charge on any atom is 0.274 e. The fraction of sp³-hybridized carbons (Fsp3) is 0.333. The van der Waals surface area contributed by atoms with Crippen LogP contribution in [0.4, 0.5) is 20.3 Å². The molecule has 132 valence electrons. The number of pyridine rings is 1. The van der Waals surface area contributed by atoms with Crippen LogP contribution in [0.1, 0.15) is 36.7 Å². The lowest BCUT2D eigenvalue weighted by molar-refractivity contribution is 0.0842. The van der Waals surface area contributed by atoms with Crippen LogP contribution in [0.2, 0.25) is 0 Å². The van der Waals surface area contributed by atoms with E-state index in [1.165, 1.54) is 7.11 Å². The Bertz CT molecular complexity index is 787. The second-order valence-corrected chi connectivity index (χ2v) is 6.40. The molecule has 2 N–H and O–H groups in total. The molecule has 5 nitrogen and oxygen atoms in total. The lowest BCUT2D eigenvalue weighted by Crippen LogP contribution is -2.51. The van der Waals surface area contributed by atoms with Gasteiger partial charge in [-0.25, -0.2) is 13.8 Å². The van der Waals surface area contributed by atoms with E-state index in [-0.39, 0.29) is 28.6 Å². The normalized spacial score (nSPS) is 15.2. The van der Waals surface area contributed by atoms with Gasteiger partial charge in [-0.1, -0.05) is 0 Å². The Hall–Kier alpha value is -2.70. The topological polar surface area (TPSA) is 63.2 Å². The summed E-state index contributed by atoms with van der Waals surface area (Å²) >= 11 is 0. The van der Waals surface area contributed by atoms with E-state index in [4.69, 9.17) is 4.74 Å². The van der Waals surface area contributed by atoms with Crippen LogP contribution in [-0.2, 0) is 0 Å². The number of nitrogens with zero attached hydrogens (tertiary/aromatic N) is 1. The Balaban J connectivity index is 1.85. The first-order valence-corrected chi connectivity index (χ1v) is 7.99. The molecule has 7 heteroatoms. The average molecular weight is 347 g/mol. The smallest absolute Gasteiger partial charge is 0.274 e. The van der Waals surface area contributed by atoms with Crippen LogP contribution in [0.15, 0.2) is 30.3 Å². The van der Waals surface area contributed by atoms with Gasteiger partial charge in [-0.2, -0.15) is 0 Å². The zero-order chi connectivity index (χ0) is 18.0. The highest BCUT2D eigenvalue weighted by atomic mass is 19.1. The Morgan fingerprint density at radius 2 is 1.88 bits per heavy atom. The summed E-state index contributed by atoms with van der Waals surface area (Å²) in [5.41, 5.74) is 0.101. The van der Waals surface area contributed by atoms with Gasteiger partial charge in [-0.3, -0.25) is 4.79 Å². The number of methoxy groups -OCH3 is 1. The number of amides is 1. The Labute approximate surface area is 144 Å². The first-order valence-electron chi connectivity index (χ1n) is 7.99. The average Bonchev–Trinajstić information content (AvgIpc) is 2.52. The van der Waals surface area contributed by atoms with Gasteiger partial charge >= 0.3 is 0 Å². The number of nitrogens with one attached hydrogen (secondary N) is 2. The largest absolute Gasteiger partial charge is 0.494 e. The van der Waals surface area contributed by atoms with E-state index in [1.807, 2.05) is 6.92 Å². The number of benzene rings is 1. The molecule has 1 fully saturated rings. The molecule has 0 unspecified atom stereocenters. The Morgan fingerprint density at radius 3 is 2.44 bits per heavy atom. The van der Waals surface area contributed by atoms with Gasteiger partial charge in [0.2, 0.25) is 0 Å². The molecule has 0 atom stereocenters. The number of halogens is 2. The van der Waals surface area contributed by atoms with Gasteiger partial charge < -0.3 is 15.4 Å².